The van der Waals surface area contributed by atoms with Crippen LogP contribution in [0.3, 0.4) is 0 Å². The molecule has 0 aliphatic heterocycles. The molecule has 0 radical (unpaired) electrons. The molecule has 0 saturated heterocycles. The van der Waals surface area contributed by atoms with Gasteiger partial charge in [-0.15, -0.1) is 0 Å². The topological polar surface area (TPSA) is 47.6 Å². The van der Waals surface area contributed by atoms with Crippen LogP contribution in [-0.2, 0) is 4.79 Å². The zero-order chi connectivity index (χ0) is 17.5. The van der Waals surface area contributed by atoms with Crippen LogP contribution in [0.1, 0.15) is 18.1 Å². The van der Waals surface area contributed by atoms with Gasteiger partial charge in [0.25, 0.3) is 5.91 Å². The van der Waals surface area contributed by atoms with Gasteiger partial charge in [-0.25, -0.2) is 0 Å². The Balaban J connectivity index is 1.73. The van der Waals surface area contributed by atoms with E-state index in [1.54, 1.807) is 31.2 Å². The molecular weight excluding hydrogens is 326 g/mol. The Morgan fingerprint density at radius 2 is 1.88 bits per heavy atom. The summed E-state index contributed by atoms with van der Waals surface area (Å²) in [5.41, 5.74) is 2.28. The minimum Gasteiger partial charge on any atom is -0.491 e. The van der Waals surface area contributed by atoms with Crippen LogP contribution in [0.25, 0.3) is 0 Å². The predicted octanol–water partition coefficient (Wildman–Crippen LogP) is 3.92. The minimum absolute atomic E-state index is 0.186. The number of nitrogens with one attached hydrogen (secondary N) is 1. The first-order chi connectivity index (χ1) is 11.5. The Labute approximate surface area is 147 Å². The Bertz CT molecular complexity index is 686. The third kappa shape index (κ3) is 5.46. The van der Waals surface area contributed by atoms with Gasteiger partial charge in [0, 0.05) is 5.02 Å². The highest BCUT2D eigenvalue weighted by Gasteiger charge is 2.14. The molecular formula is C19H22ClNO3. The highest BCUT2D eigenvalue weighted by atomic mass is 35.5. The van der Waals surface area contributed by atoms with Crippen molar-refractivity contribution >= 4 is 17.5 Å². The van der Waals surface area contributed by atoms with E-state index in [0.717, 1.165) is 11.3 Å². The predicted molar refractivity (Wildman–Crippen MR) is 96.0 cm³/mol. The first-order valence-corrected chi connectivity index (χ1v) is 8.23. The molecule has 0 spiro atoms. The lowest BCUT2D eigenvalue weighted by molar-refractivity contribution is -0.127. The third-order valence-corrected chi connectivity index (χ3v) is 3.74. The standard InChI is InChI=1S/C19H22ClNO3/c1-13-4-9-18(14(2)12-13)23-11-10-21-19(22)15(3)24-17-7-5-16(20)6-8-17/h4-9,12,15H,10-11H2,1-3H3,(H,21,22)/t15-/m1/s1. The molecule has 0 unspecified atom stereocenters. The Hall–Kier alpha value is -2.20. The largest absolute Gasteiger partial charge is 0.491 e. The summed E-state index contributed by atoms with van der Waals surface area (Å²) in [6.45, 7) is 6.57. The molecule has 128 valence electrons. The van der Waals surface area contributed by atoms with E-state index in [0.29, 0.717) is 23.9 Å². The number of halogens is 1. The molecule has 24 heavy (non-hydrogen) atoms. The molecule has 1 N–H and O–H groups in total. The summed E-state index contributed by atoms with van der Waals surface area (Å²) in [7, 11) is 0. The SMILES string of the molecule is Cc1ccc(OCCNC(=O)[C@@H](C)Oc2ccc(Cl)cc2)c(C)c1. The van der Waals surface area contributed by atoms with Crippen molar-refractivity contribution in [2.45, 2.75) is 26.9 Å². The van der Waals surface area contributed by atoms with Crippen molar-refractivity contribution in [2.75, 3.05) is 13.2 Å². The highest BCUT2D eigenvalue weighted by molar-refractivity contribution is 6.30. The van der Waals surface area contributed by atoms with Gasteiger partial charge in [-0.3, -0.25) is 4.79 Å². The average Bonchev–Trinajstić information content (AvgIpc) is 2.55. The smallest absolute Gasteiger partial charge is 0.260 e. The highest BCUT2D eigenvalue weighted by Crippen LogP contribution is 2.18. The number of carbonyl (C=O) groups is 1. The van der Waals surface area contributed by atoms with E-state index in [-0.39, 0.29) is 5.91 Å². The molecule has 2 aromatic rings. The van der Waals surface area contributed by atoms with E-state index >= 15 is 0 Å². The summed E-state index contributed by atoms with van der Waals surface area (Å²) < 4.78 is 11.3. The van der Waals surface area contributed by atoms with Crippen LogP contribution in [0.4, 0.5) is 0 Å². The maximum absolute atomic E-state index is 12.0. The molecule has 0 aliphatic carbocycles. The monoisotopic (exact) mass is 347 g/mol. The minimum atomic E-state index is -0.590. The number of rotatable bonds is 7. The van der Waals surface area contributed by atoms with Gasteiger partial charge in [-0.1, -0.05) is 29.3 Å². The lowest BCUT2D eigenvalue weighted by atomic mass is 10.1. The number of hydrogen-bond donors (Lipinski definition) is 1. The molecule has 0 aromatic heterocycles. The molecule has 2 rings (SSSR count). The second kappa shape index (κ2) is 8.60. The van der Waals surface area contributed by atoms with E-state index in [2.05, 4.69) is 11.4 Å². The molecule has 0 fully saturated rings. The van der Waals surface area contributed by atoms with E-state index in [9.17, 15) is 4.79 Å². The fourth-order valence-electron chi connectivity index (χ4n) is 2.21. The number of benzene rings is 2. The maximum Gasteiger partial charge on any atom is 0.260 e. The van der Waals surface area contributed by atoms with Crippen molar-refractivity contribution < 1.29 is 14.3 Å². The quantitative estimate of drug-likeness (QED) is 0.772. The fourth-order valence-corrected chi connectivity index (χ4v) is 2.34. The first-order valence-electron chi connectivity index (χ1n) is 7.85. The van der Waals surface area contributed by atoms with Gasteiger partial charge in [0.05, 0.1) is 6.54 Å². The first kappa shape index (κ1) is 18.1. The van der Waals surface area contributed by atoms with Gasteiger partial charge in [-0.2, -0.15) is 0 Å². The van der Waals surface area contributed by atoms with Crippen LogP contribution < -0.4 is 14.8 Å². The van der Waals surface area contributed by atoms with E-state index in [1.807, 2.05) is 26.0 Å². The summed E-state index contributed by atoms with van der Waals surface area (Å²) in [4.78, 5) is 12.0. The molecule has 1 atom stereocenters. The summed E-state index contributed by atoms with van der Waals surface area (Å²) in [6.07, 6.45) is -0.590. The van der Waals surface area contributed by atoms with Gasteiger partial charge in [0.15, 0.2) is 6.10 Å². The number of aryl methyl sites for hydroxylation is 2. The van der Waals surface area contributed by atoms with Gasteiger partial charge in [0.2, 0.25) is 0 Å². The molecule has 0 aliphatic rings. The second-order valence-electron chi connectivity index (χ2n) is 5.62. The van der Waals surface area contributed by atoms with Crippen LogP contribution in [0.5, 0.6) is 11.5 Å². The Kier molecular flexibility index (Phi) is 6.50. The second-order valence-corrected chi connectivity index (χ2v) is 6.06. The molecule has 4 nitrogen and oxygen atoms in total. The lowest BCUT2D eigenvalue weighted by Crippen LogP contribution is -2.38. The van der Waals surface area contributed by atoms with Crippen LogP contribution in [0.2, 0.25) is 5.02 Å². The van der Waals surface area contributed by atoms with Gasteiger partial charge in [-0.05, 0) is 56.7 Å². The molecule has 2 aromatic carbocycles. The molecule has 0 bridgehead atoms. The average molecular weight is 348 g/mol. The van der Waals surface area contributed by atoms with Crippen LogP contribution in [-0.4, -0.2) is 25.2 Å². The molecule has 5 heteroatoms. The van der Waals surface area contributed by atoms with Crippen LogP contribution in [0.15, 0.2) is 42.5 Å². The summed E-state index contributed by atoms with van der Waals surface area (Å²) in [5, 5.41) is 3.43. The van der Waals surface area contributed by atoms with Crippen molar-refractivity contribution in [3.8, 4) is 11.5 Å². The van der Waals surface area contributed by atoms with E-state index in [4.69, 9.17) is 21.1 Å². The lowest BCUT2D eigenvalue weighted by Gasteiger charge is -2.15. The molecule has 1 amide bonds. The summed E-state index contributed by atoms with van der Waals surface area (Å²) in [5.74, 6) is 1.25. The number of ether oxygens (including phenoxy) is 2. The van der Waals surface area contributed by atoms with Crippen LogP contribution in [0, 0.1) is 13.8 Å². The normalized spacial score (nSPS) is 11.7. The number of amides is 1. The van der Waals surface area contributed by atoms with E-state index < -0.39 is 6.10 Å². The fraction of sp³-hybridized carbons (Fsp3) is 0.316. The zero-order valence-electron chi connectivity index (χ0n) is 14.1. The number of hydrogen-bond acceptors (Lipinski definition) is 3. The van der Waals surface area contributed by atoms with E-state index in [1.165, 1.54) is 5.56 Å². The molecule has 0 heterocycles. The zero-order valence-corrected chi connectivity index (χ0v) is 14.9. The van der Waals surface area contributed by atoms with Gasteiger partial charge in [0.1, 0.15) is 18.1 Å². The summed E-state index contributed by atoms with van der Waals surface area (Å²) >= 11 is 5.82. The van der Waals surface area contributed by atoms with Crippen molar-refractivity contribution in [3.63, 3.8) is 0 Å². The molecule has 0 saturated carbocycles. The van der Waals surface area contributed by atoms with Gasteiger partial charge < -0.3 is 14.8 Å². The van der Waals surface area contributed by atoms with Crippen molar-refractivity contribution in [3.05, 3.63) is 58.6 Å². The van der Waals surface area contributed by atoms with Crippen molar-refractivity contribution in [1.82, 2.24) is 5.32 Å². The maximum atomic E-state index is 12.0. The van der Waals surface area contributed by atoms with Gasteiger partial charge >= 0.3 is 0 Å². The number of carbonyl (C=O) groups excluding carboxylic acids is 1. The third-order valence-electron chi connectivity index (χ3n) is 3.49. The van der Waals surface area contributed by atoms with Crippen LogP contribution >= 0.6 is 11.6 Å². The summed E-state index contributed by atoms with van der Waals surface area (Å²) in [6, 6.07) is 12.9. The Morgan fingerprint density at radius 1 is 1.17 bits per heavy atom. The van der Waals surface area contributed by atoms with Crippen molar-refractivity contribution in [2.24, 2.45) is 0 Å². The van der Waals surface area contributed by atoms with Crippen molar-refractivity contribution in [1.29, 1.82) is 0 Å². The Morgan fingerprint density at radius 3 is 2.54 bits per heavy atom.